The number of anilines is 1. The zero-order valence-electron chi connectivity index (χ0n) is 15.4. The van der Waals surface area contributed by atoms with Gasteiger partial charge in [0, 0.05) is 23.9 Å². The molecule has 144 valence electrons. The third kappa shape index (κ3) is 3.29. The second-order valence-corrected chi connectivity index (χ2v) is 6.82. The summed E-state index contributed by atoms with van der Waals surface area (Å²) in [4.78, 5) is 18.8. The molecule has 2 heterocycles. The highest BCUT2D eigenvalue weighted by Crippen LogP contribution is 2.38. The predicted octanol–water partition coefficient (Wildman–Crippen LogP) is 3.93. The van der Waals surface area contributed by atoms with Crippen molar-refractivity contribution in [3.8, 4) is 23.0 Å². The highest BCUT2D eigenvalue weighted by Gasteiger charge is 2.36. The number of carbonyl (C=O) groups is 1. The molecule has 1 unspecified atom stereocenters. The van der Waals surface area contributed by atoms with Gasteiger partial charge in [-0.05, 0) is 30.3 Å². The number of carbonyl (C=O) groups excluding carboxylic acids is 1. The van der Waals surface area contributed by atoms with E-state index in [1.165, 1.54) is 0 Å². The normalized spacial score (nSPS) is 16.5. The van der Waals surface area contributed by atoms with Crippen molar-refractivity contribution in [3.05, 3.63) is 53.3 Å². The van der Waals surface area contributed by atoms with E-state index in [-0.39, 0.29) is 18.2 Å². The summed E-state index contributed by atoms with van der Waals surface area (Å²) in [6.07, 6.45) is 0.278. The van der Waals surface area contributed by atoms with Crippen molar-refractivity contribution >= 4 is 23.2 Å². The highest BCUT2D eigenvalue weighted by molar-refractivity contribution is 6.31. The number of benzene rings is 2. The summed E-state index contributed by atoms with van der Waals surface area (Å²) < 4.78 is 16.1. The zero-order chi connectivity index (χ0) is 19.7. The van der Waals surface area contributed by atoms with E-state index >= 15 is 0 Å². The molecule has 1 aromatic heterocycles. The molecule has 0 saturated carbocycles. The molecule has 0 aliphatic carbocycles. The molecule has 0 radical (unpaired) electrons. The average Bonchev–Trinajstić information content (AvgIpc) is 3.34. The van der Waals surface area contributed by atoms with E-state index in [0.29, 0.717) is 46.0 Å². The van der Waals surface area contributed by atoms with Gasteiger partial charge < -0.3 is 18.9 Å². The van der Waals surface area contributed by atoms with Gasteiger partial charge in [0.25, 0.3) is 5.89 Å². The molecule has 3 aromatic rings. The number of ether oxygens (including phenoxy) is 2. The first-order chi connectivity index (χ1) is 13.6. The number of aromatic nitrogens is 2. The minimum atomic E-state index is -0.191. The van der Waals surface area contributed by atoms with Crippen LogP contribution in [0.2, 0.25) is 5.02 Å². The Morgan fingerprint density at radius 2 is 1.93 bits per heavy atom. The number of hydrogen-bond acceptors (Lipinski definition) is 6. The van der Waals surface area contributed by atoms with Crippen molar-refractivity contribution in [1.82, 2.24) is 10.1 Å². The molecule has 1 aliphatic rings. The summed E-state index contributed by atoms with van der Waals surface area (Å²) in [5.74, 6) is 1.83. The molecule has 7 nitrogen and oxygen atoms in total. The van der Waals surface area contributed by atoms with Gasteiger partial charge in [-0.2, -0.15) is 4.98 Å². The largest absolute Gasteiger partial charge is 0.496 e. The molecule has 28 heavy (non-hydrogen) atoms. The van der Waals surface area contributed by atoms with Gasteiger partial charge in [-0.25, -0.2) is 0 Å². The fourth-order valence-electron chi connectivity index (χ4n) is 3.32. The van der Waals surface area contributed by atoms with Crippen LogP contribution in [0, 0.1) is 0 Å². The summed E-state index contributed by atoms with van der Waals surface area (Å²) in [6, 6.07) is 12.6. The van der Waals surface area contributed by atoms with Crippen molar-refractivity contribution in [3.63, 3.8) is 0 Å². The quantitative estimate of drug-likeness (QED) is 0.647. The lowest BCUT2D eigenvalue weighted by Crippen LogP contribution is -2.24. The van der Waals surface area contributed by atoms with Gasteiger partial charge in [0.1, 0.15) is 11.5 Å². The van der Waals surface area contributed by atoms with Gasteiger partial charge in [-0.3, -0.25) is 4.79 Å². The molecule has 0 bridgehead atoms. The third-order valence-electron chi connectivity index (χ3n) is 4.70. The molecular formula is C20H18ClN3O4. The minimum Gasteiger partial charge on any atom is -0.496 e. The average molecular weight is 400 g/mol. The molecule has 8 heteroatoms. The van der Waals surface area contributed by atoms with E-state index < -0.39 is 0 Å². The lowest BCUT2D eigenvalue weighted by Gasteiger charge is -2.19. The monoisotopic (exact) mass is 399 g/mol. The maximum atomic E-state index is 12.6. The van der Waals surface area contributed by atoms with E-state index in [4.69, 9.17) is 25.6 Å². The van der Waals surface area contributed by atoms with Crippen LogP contribution in [0.15, 0.2) is 47.0 Å². The molecule has 1 amide bonds. The van der Waals surface area contributed by atoms with Gasteiger partial charge in [0.2, 0.25) is 5.91 Å². The molecule has 0 N–H and O–H groups in total. The summed E-state index contributed by atoms with van der Waals surface area (Å²) in [5, 5.41) is 4.63. The van der Waals surface area contributed by atoms with Crippen LogP contribution in [0.25, 0.3) is 11.5 Å². The Labute approximate surface area is 166 Å². The van der Waals surface area contributed by atoms with Gasteiger partial charge in [-0.15, -0.1) is 0 Å². The van der Waals surface area contributed by atoms with Crippen LogP contribution in [0.1, 0.15) is 18.2 Å². The summed E-state index contributed by atoms with van der Waals surface area (Å²) in [7, 11) is 3.14. The van der Waals surface area contributed by atoms with Crippen LogP contribution in [0.3, 0.4) is 0 Å². The lowest BCUT2D eigenvalue weighted by molar-refractivity contribution is -0.117. The van der Waals surface area contributed by atoms with Crippen molar-refractivity contribution in [2.75, 3.05) is 25.7 Å². The van der Waals surface area contributed by atoms with Crippen LogP contribution in [-0.2, 0) is 4.79 Å². The lowest BCUT2D eigenvalue weighted by atomic mass is 10.1. The second-order valence-electron chi connectivity index (χ2n) is 6.38. The summed E-state index contributed by atoms with van der Waals surface area (Å²) in [6.45, 7) is 0.417. The van der Waals surface area contributed by atoms with Crippen LogP contribution in [0.4, 0.5) is 5.69 Å². The number of nitrogens with zero attached hydrogens (tertiary/aromatic N) is 3. The number of para-hydroxylation sites is 1. The Morgan fingerprint density at radius 3 is 2.71 bits per heavy atom. The zero-order valence-corrected chi connectivity index (χ0v) is 16.1. The fraction of sp³-hybridized carbons (Fsp3) is 0.250. The molecule has 4 rings (SSSR count). The Morgan fingerprint density at radius 1 is 1.14 bits per heavy atom. The predicted molar refractivity (Wildman–Crippen MR) is 104 cm³/mol. The first-order valence-corrected chi connectivity index (χ1v) is 9.09. The minimum absolute atomic E-state index is 0.0470. The Bertz CT molecular complexity index is 1020. The maximum absolute atomic E-state index is 12.6. The molecule has 1 fully saturated rings. The van der Waals surface area contributed by atoms with E-state index in [9.17, 15) is 4.79 Å². The van der Waals surface area contributed by atoms with Gasteiger partial charge in [-0.1, -0.05) is 28.9 Å². The maximum Gasteiger partial charge on any atom is 0.261 e. The van der Waals surface area contributed by atoms with Gasteiger partial charge in [0.15, 0.2) is 5.82 Å². The molecule has 1 saturated heterocycles. The third-order valence-corrected chi connectivity index (χ3v) is 4.94. The highest BCUT2D eigenvalue weighted by atomic mass is 35.5. The Balaban J connectivity index is 1.60. The second kappa shape index (κ2) is 7.52. The number of amides is 1. The summed E-state index contributed by atoms with van der Waals surface area (Å²) in [5.41, 5.74) is 1.34. The number of halogens is 1. The Kier molecular flexibility index (Phi) is 4.92. The number of rotatable bonds is 5. The smallest absolute Gasteiger partial charge is 0.261 e. The van der Waals surface area contributed by atoms with Crippen molar-refractivity contribution in [2.45, 2.75) is 12.3 Å². The van der Waals surface area contributed by atoms with Crippen LogP contribution >= 0.6 is 11.6 Å². The first-order valence-electron chi connectivity index (χ1n) is 8.71. The standard InChI is InChI=1S/C20H18ClN3O4/c1-26-16-6-4-3-5-14(16)20-22-19(23-28-20)12-9-18(25)24(11-12)15-10-13(21)7-8-17(15)27-2/h3-8,10,12H,9,11H2,1-2H3. The van der Waals surface area contributed by atoms with E-state index in [0.717, 1.165) is 0 Å². The molecular weight excluding hydrogens is 382 g/mol. The summed E-state index contributed by atoms with van der Waals surface area (Å²) >= 11 is 6.11. The SMILES string of the molecule is COc1ccccc1-c1nc(C2CC(=O)N(c3cc(Cl)ccc3OC)C2)no1. The van der Waals surface area contributed by atoms with E-state index in [1.54, 1.807) is 37.3 Å². The van der Waals surface area contributed by atoms with Crippen LogP contribution in [0.5, 0.6) is 11.5 Å². The molecule has 1 aliphatic heterocycles. The number of hydrogen-bond donors (Lipinski definition) is 0. The van der Waals surface area contributed by atoms with Gasteiger partial charge in [0.05, 0.1) is 25.5 Å². The van der Waals surface area contributed by atoms with E-state index in [1.807, 2.05) is 24.3 Å². The van der Waals surface area contributed by atoms with E-state index in [2.05, 4.69) is 10.1 Å². The van der Waals surface area contributed by atoms with Crippen LogP contribution < -0.4 is 14.4 Å². The number of methoxy groups -OCH3 is 2. The first kappa shape index (κ1) is 18.3. The Hall–Kier alpha value is -3.06. The van der Waals surface area contributed by atoms with Crippen LogP contribution in [-0.4, -0.2) is 36.8 Å². The van der Waals surface area contributed by atoms with Crippen molar-refractivity contribution in [1.29, 1.82) is 0 Å². The molecule has 0 spiro atoms. The molecule has 1 atom stereocenters. The molecule has 2 aromatic carbocycles. The van der Waals surface area contributed by atoms with Crippen molar-refractivity contribution < 1.29 is 18.8 Å². The fourth-order valence-corrected chi connectivity index (χ4v) is 3.49. The van der Waals surface area contributed by atoms with Gasteiger partial charge >= 0.3 is 0 Å². The topological polar surface area (TPSA) is 77.7 Å². The van der Waals surface area contributed by atoms with Crippen molar-refractivity contribution in [2.24, 2.45) is 0 Å².